The van der Waals surface area contributed by atoms with Crippen molar-refractivity contribution in [1.29, 1.82) is 0 Å². The Morgan fingerprint density at radius 2 is 1.74 bits per heavy atom. The number of carbonyl (C=O) groups excluding carboxylic acids is 1. The van der Waals surface area contributed by atoms with Gasteiger partial charge in [0.2, 0.25) is 0 Å². The van der Waals surface area contributed by atoms with Gasteiger partial charge in [-0.1, -0.05) is 48.0 Å². The molecule has 0 radical (unpaired) electrons. The molecule has 23 heavy (non-hydrogen) atoms. The van der Waals surface area contributed by atoms with E-state index in [1.54, 1.807) is 0 Å². The number of nitrogens with one attached hydrogen (secondary N) is 1. The number of rotatable bonds is 6. The fourth-order valence-electron chi connectivity index (χ4n) is 2.29. The van der Waals surface area contributed by atoms with Crippen LogP contribution in [0.4, 0.5) is 0 Å². The third-order valence-corrected chi connectivity index (χ3v) is 5.03. The monoisotopic (exact) mass is 331 g/mol. The summed E-state index contributed by atoms with van der Waals surface area (Å²) >= 11 is 0. The Kier molecular flexibility index (Phi) is 5.69. The van der Waals surface area contributed by atoms with Crippen molar-refractivity contribution >= 4 is 17.0 Å². The highest BCUT2D eigenvalue weighted by Gasteiger charge is 2.32. The van der Waals surface area contributed by atoms with Gasteiger partial charge < -0.3 is 4.74 Å². The highest BCUT2D eigenvalue weighted by atomic mass is 32.2. The Bertz CT molecular complexity index is 685. The maximum Gasteiger partial charge on any atom is 0.307 e. The number of aryl methyl sites for hydroxylation is 1. The number of esters is 1. The minimum Gasteiger partial charge on any atom is -0.469 e. The number of carbonyl (C=O) groups is 1. The van der Waals surface area contributed by atoms with Crippen LogP contribution in [0.25, 0.3) is 0 Å². The summed E-state index contributed by atoms with van der Waals surface area (Å²) in [5.41, 5.74) is 1.20. The van der Waals surface area contributed by atoms with Crippen molar-refractivity contribution < 1.29 is 13.7 Å². The summed E-state index contributed by atoms with van der Waals surface area (Å²) in [4.78, 5) is 12.5. The van der Waals surface area contributed by atoms with E-state index in [0.717, 1.165) is 11.1 Å². The molecule has 1 N–H and O–H groups in total. The molecule has 122 valence electrons. The third kappa shape index (κ3) is 4.50. The molecular weight excluding hydrogens is 310 g/mol. The van der Waals surface area contributed by atoms with Gasteiger partial charge in [-0.05, 0) is 31.5 Å². The summed E-state index contributed by atoms with van der Waals surface area (Å²) < 4.78 is 20.5. The molecule has 0 saturated carbocycles. The van der Waals surface area contributed by atoms with Crippen molar-refractivity contribution in [2.75, 3.05) is 7.11 Å². The van der Waals surface area contributed by atoms with E-state index in [0.29, 0.717) is 4.90 Å². The number of benzene rings is 2. The molecule has 0 aromatic heterocycles. The van der Waals surface area contributed by atoms with Crippen LogP contribution in [-0.4, -0.2) is 17.3 Å². The van der Waals surface area contributed by atoms with Crippen LogP contribution >= 0.6 is 0 Å². The zero-order valence-corrected chi connectivity index (χ0v) is 14.4. The first-order valence-electron chi connectivity index (χ1n) is 7.33. The second kappa shape index (κ2) is 7.53. The summed E-state index contributed by atoms with van der Waals surface area (Å²) in [5, 5.41) is 0. The van der Waals surface area contributed by atoms with Crippen LogP contribution in [0, 0.1) is 6.92 Å². The van der Waals surface area contributed by atoms with Gasteiger partial charge in [0, 0.05) is 0 Å². The Morgan fingerprint density at radius 3 is 2.30 bits per heavy atom. The molecule has 0 amide bonds. The van der Waals surface area contributed by atoms with Crippen molar-refractivity contribution in [1.82, 2.24) is 4.72 Å². The smallest absolute Gasteiger partial charge is 0.307 e. The minimum absolute atomic E-state index is 0.0884. The molecule has 2 atom stereocenters. The van der Waals surface area contributed by atoms with E-state index >= 15 is 0 Å². The highest BCUT2D eigenvalue weighted by Crippen LogP contribution is 2.26. The van der Waals surface area contributed by atoms with E-state index in [1.807, 2.05) is 68.4 Å². The van der Waals surface area contributed by atoms with Crippen LogP contribution in [0.2, 0.25) is 0 Å². The van der Waals surface area contributed by atoms with Crippen molar-refractivity contribution in [3.05, 3.63) is 65.7 Å². The van der Waals surface area contributed by atoms with Crippen molar-refractivity contribution in [2.24, 2.45) is 0 Å². The van der Waals surface area contributed by atoms with Gasteiger partial charge in [0.15, 0.2) is 0 Å². The van der Waals surface area contributed by atoms with Crippen LogP contribution in [0.3, 0.4) is 0 Å². The van der Waals surface area contributed by atoms with Crippen LogP contribution in [-0.2, 0) is 26.1 Å². The van der Waals surface area contributed by atoms with E-state index in [-0.39, 0.29) is 12.4 Å². The van der Waals surface area contributed by atoms with Gasteiger partial charge in [0.1, 0.15) is 11.0 Å². The molecule has 2 rings (SSSR count). The van der Waals surface area contributed by atoms with E-state index in [1.165, 1.54) is 7.11 Å². The minimum atomic E-state index is -1.44. The lowest BCUT2D eigenvalue weighted by molar-refractivity contribution is -0.142. The quantitative estimate of drug-likeness (QED) is 0.828. The second-order valence-electron chi connectivity index (χ2n) is 5.63. The molecule has 0 aliphatic heterocycles. The molecule has 5 heteroatoms. The maximum absolute atomic E-state index is 12.7. The van der Waals surface area contributed by atoms with Gasteiger partial charge in [-0.15, -0.1) is 0 Å². The number of hydrogen-bond acceptors (Lipinski definition) is 3. The summed E-state index contributed by atoms with van der Waals surface area (Å²) in [6.07, 6.45) is 0.0884. The Hall–Kier alpha value is -1.98. The molecule has 4 nitrogen and oxygen atoms in total. The maximum atomic E-state index is 12.7. The Morgan fingerprint density at radius 1 is 1.13 bits per heavy atom. The van der Waals surface area contributed by atoms with E-state index in [9.17, 15) is 9.00 Å². The molecule has 0 aliphatic carbocycles. The van der Waals surface area contributed by atoms with Gasteiger partial charge in [0.05, 0.1) is 24.0 Å². The molecule has 0 fully saturated rings. The van der Waals surface area contributed by atoms with E-state index in [4.69, 9.17) is 4.74 Å². The first-order valence-corrected chi connectivity index (χ1v) is 8.48. The molecule has 0 aliphatic rings. The van der Waals surface area contributed by atoms with Crippen LogP contribution in [0.5, 0.6) is 0 Å². The molecule has 0 heterocycles. The van der Waals surface area contributed by atoms with Gasteiger partial charge in [-0.3, -0.25) is 4.79 Å². The molecule has 2 aromatic rings. The lowest BCUT2D eigenvalue weighted by Crippen LogP contribution is -2.42. The molecule has 0 bridgehead atoms. The van der Waals surface area contributed by atoms with Crippen LogP contribution in [0.15, 0.2) is 59.5 Å². The topological polar surface area (TPSA) is 55.4 Å². The van der Waals surface area contributed by atoms with Gasteiger partial charge in [-0.2, -0.15) is 0 Å². The first-order chi connectivity index (χ1) is 10.9. The largest absolute Gasteiger partial charge is 0.469 e. The Labute approximate surface area is 139 Å². The second-order valence-corrected chi connectivity index (χ2v) is 6.85. The van der Waals surface area contributed by atoms with Crippen molar-refractivity contribution in [2.45, 2.75) is 30.7 Å². The number of methoxy groups -OCH3 is 1. The normalized spacial score (nSPS) is 14.7. The standard InChI is InChI=1S/C18H21NO3S/c1-14-9-11-16(12-10-14)23(21)19-18(2,13-17(20)22-3)15-7-5-4-6-8-15/h4-12,19H,13H2,1-3H3/t18-,23-/m0/s1. The Balaban J connectivity index is 2.29. The summed E-state index contributed by atoms with van der Waals surface area (Å²) in [6, 6.07) is 17.0. The zero-order chi connectivity index (χ0) is 16.9. The highest BCUT2D eigenvalue weighted by molar-refractivity contribution is 7.83. The predicted molar refractivity (Wildman–Crippen MR) is 91.2 cm³/mol. The van der Waals surface area contributed by atoms with Crippen LogP contribution < -0.4 is 4.72 Å². The van der Waals surface area contributed by atoms with Gasteiger partial charge >= 0.3 is 5.97 Å². The molecule has 2 aromatic carbocycles. The summed E-state index contributed by atoms with van der Waals surface area (Å²) in [7, 11) is -0.0859. The zero-order valence-electron chi connectivity index (χ0n) is 13.5. The summed E-state index contributed by atoms with van der Waals surface area (Å²) in [5.74, 6) is -0.357. The average Bonchev–Trinajstić information content (AvgIpc) is 2.56. The first kappa shape index (κ1) is 17.4. The molecule has 0 saturated heterocycles. The average molecular weight is 331 g/mol. The van der Waals surface area contributed by atoms with Crippen LogP contribution in [0.1, 0.15) is 24.5 Å². The molecule has 0 spiro atoms. The summed E-state index contributed by atoms with van der Waals surface area (Å²) in [6.45, 7) is 3.83. The number of ether oxygens (including phenoxy) is 1. The lowest BCUT2D eigenvalue weighted by atomic mass is 9.90. The fourth-order valence-corrected chi connectivity index (χ4v) is 3.39. The third-order valence-electron chi connectivity index (χ3n) is 3.69. The molecule has 0 unspecified atom stereocenters. The van der Waals surface area contributed by atoms with Gasteiger partial charge in [-0.25, -0.2) is 8.93 Å². The van der Waals surface area contributed by atoms with E-state index in [2.05, 4.69) is 4.72 Å². The number of hydrogen-bond donors (Lipinski definition) is 1. The van der Waals surface area contributed by atoms with Crippen molar-refractivity contribution in [3.8, 4) is 0 Å². The molecular formula is C18H21NO3S. The van der Waals surface area contributed by atoms with E-state index < -0.39 is 16.5 Å². The fraction of sp³-hybridized carbons (Fsp3) is 0.278. The predicted octanol–water partition coefficient (Wildman–Crippen LogP) is 3.09. The van der Waals surface area contributed by atoms with Crippen molar-refractivity contribution in [3.63, 3.8) is 0 Å². The van der Waals surface area contributed by atoms with Gasteiger partial charge in [0.25, 0.3) is 0 Å². The SMILES string of the molecule is COC(=O)C[C@](C)(N[S@@](=O)c1ccc(C)cc1)c1ccccc1. The lowest BCUT2D eigenvalue weighted by Gasteiger charge is -2.29.